The van der Waals surface area contributed by atoms with Crippen LogP contribution >= 0.6 is 11.6 Å². The summed E-state index contributed by atoms with van der Waals surface area (Å²) >= 11 is 6.40. The van der Waals surface area contributed by atoms with Crippen molar-refractivity contribution < 1.29 is 13.9 Å². The van der Waals surface area contributed by atoms with Crippen LogP contribution in [-0.2, 0) is 11.3 Å². The van der Waals surface area contributed by atoms with E-state index in [0.717, 1.165) is 43.7 Å². The minimum Gasteiger partial charge on any atom is -0.467 e. The van der Waals surface area contributed by atoms with Gasteiger partial charge in [-0.3, -0.25) is 9.89 Å². The van der Waals surface area contributed by atoms with Gasteiger partial charge in [0, 0.05) is 19.1 Å². The lowest BCUT2D eigenvalue weighted by atomic mass is 10.2. The van der Waals surface area contributed by atoms with Gasteiger partial charge in [0.25, 0.3) is 5.91 Å². The predicted octanol–water partition coefficient (Wildman–Crippen LogP) is 3.35. The van der Waals surface area contributed by atoms with Gasteiger partial charge in [-0.15, -0.1) is 0 Å². The molecular formula is C17H20ClN3O3. The number of furan rings is 1. The number of carbonyl (C=O) groups is 1. The van der Waals surface area contributed by atoms with E-state index in [1.165, 1.54) is 0 Å². The summed E-state index contributed by atoms with van der Waals surface area (Å²) in [4.78, 5) is 14.7. The van der Waals surface area contributed by atoms with Gasteiger partial charge in [-0.25, -0.2) is 0 Å². The third-order valence-electron chi connectivity index (χ3n) is 4.58. The van der Waals surface area contributed by atoms with Crippen LogP contribution in [0.4, 0.5) is 0 Å². The van der Waals surface area contributed by atoms with Gasteiger partial charge in [-0.1, -0.05) is 11.6 Å². The quantitative estimate of drug-likeness (QED) is 0.868. The molecule has 0 bridgehead atoms. The number of rotatable bonds is 6. The number of halogens is 1. The van der Waals surface area contributed by atoms with Crippen LogP contribution in [0.1, 0.15) is 53.5 Å². The number of ether oxygens (including phenoxy) is 1. The van der Waals surface area contributed by atoms with E-state index < -0.39 is 0 Å². The number of H-pyrrole nitrogens is 1. The van der Waals surface area contributed by atoms with Crippen molar-refractivity contribution in [3.8, 4) is 0 Å². The van der Waals surface area contributed by atoms with E-state index in [1.807, 2.05) is 12.1 Å². The predicted molar refractivity (Wildman–Crippen MR) is 88.0 cm³/mol. The molecule has 24 heavy (non-hydrogen) atoms. The number of hydrogen-bond donors (Lipinski definition) is 1. The summed E-state index contributed by atoms with van der Waals surface area (Å²) in [5.41, 5.74) is 1.18. The second kappa shape index (κ2) is 6.61. The zero-order chi connectivity index (χ0) is 16.5. The van der Waals surface area contributed by atoms with Crippen molar-refractivity contribution in [1.29, 1.82) is 0 Å². The van der Waals surface area contributed by atoms with E-state index in [2.05, 4.69) is 10.2 Å². The normalized spacial score (nSPS) is 20.5. The molecule has 7 heteroatoms. The molecule has 1 N–H and O–H groups in total. The molecule has 0 radical (unpaired) electrons. The van der Waals surface area contributed by atoms with E-state index in [4.69, 9.17) is 20.8 Å². The molecule has 2 aliphatic rings. The molecule has 2 fully saturated rings. The fourth-order valence-electron chi connectivity index (χ4n) is 3.12. The van der Waals surface area contributed by atoms with E-state index in [0.29, 0.717) is 29.7 Å². The third kappa shape index (κ3) is 3.21. The molecular weight excluding hydrogens is 330 g/mol. The van der Waals surface area contributed by atoms with Crippen LogP contribution in [0, 0.1) is 0 Å². The molecule has 0 aromatic carbocycles. The average Bonchev–Trinajstić information content (AvgIpc) is 2.98. The highest BCUT2D eigenvalue weighted by molar-refractivity contribution is 6.34. The van der Waals surface area contributed by atoms with Crippen LogP contribution in [0.3, 0.4) is 0 Å². The van der Waals surface area contributed by atoms with Crippen LogP contribution in [0.5, 0.6) is 0 Å². The van der Waals surface area contributed by atoms with Crippen molar-refractivity contribution >= 4 is 17.5 Å². The zero-order valence-electron chi connectivity index (χ0n) is 13.3. The maximum atomic E-state index is 13.0. The summed E-state index contributed by atoms with van der Waals surface area (Å²) in [5.74, 6) is 0.966. The van der Waals surface area contributed by atoms with Crippen molar-refractivity contribution in [2.24, 2.45) is 0 Å². The van der Waals surface area contributed by atoms with E-state index in [9.17, 15) is 4.79 Å². The topological polar surface area (TPSA) is 71.4 Å². The van der Waals surface area contributed by atoms with Gasteiger partial charge in [0.05, 0.1) is 29.6 Å². The van der Waals surface area contributed by atoms with Gasteiger partial charge in [-0.05, 0) is 37.8 Å². The van der Waals surface area contributed by atoms with Gasteiger partial charge >= 0.3 is 0 Å². The van der Waals surface area contributed by atoms with Gasteiger partial charge < -0.3 is 14.1 Å². The molecule has 1 aliphatic carbocycles. The van der Waals surface area contributed by atoms with Crippen LogP contribution in [0.15, 0.2) is 22.8 Å². The molecule has 3 heterocycles. The number of amides is 1. The SMILES string of the molecule is O=C(c1n[nH]c(C2CC2)c1Cl)N(Cc1ccco1)C[C@@H]1CCCO1. The van der Waals surface area contributed by atoms with Crippen molar-refractivity contribution in [2.45, 2.75) is 44.2 Å². The first-order valence-electron chi connectivity index (χ1n) is 8.39. The summed E-state index contributed by atoms with van der Waals surface area (Å²) < 4.78 is 11.1. The van der Waals surface area contributed by atoms with Crippen LogP contribution in [0.2, 0.25) is 5.02 Å². The maximum Gasteiger partial charge on any atom is 0.276 e. The lowest BCUT2D eigenvalue weighted by molar-refractivity contribution is 0.0487. The fraction of sp³-hybridized carbons (Fsp3) is 0.529. The Morgan fingerprint density at radius 2 is 2.29 bits per heavy atom. The number of hydrogen-bond acceptors (Lipinski definition) is 4. The number of nitrogens with one attached hydrogen (secondary N) is 1. The Labute approximate surface area is 145 Å². The molecule has 128 valence electrons. The Morgan fingerprint density at radius 1 is 1.42 bits per heavy atom. The summed E-state index contributed by atoms with van der Waals surface area (Å²) in [5, 5.41) is 7.58. The summed E-state index contributed by atoms with van der Waals surface area (Å²) in [7, 11) is 0. The van der Waals surface area contributed by atoms with Gasteiger partial charge in [0.1, 0.15) is 5.76 Å². The molecule has 1 atom stereocenters. The van der Waals surface area contributed by atoms with Gasteiger partial charge in [-0.2, -0.15) is 5.10 Å². The molecule has 0 spiro atoms. The fourth-order valence-corrected chi connectivity index (χ4v) is 3.44. The smallest absolute Gasteiger partial charge is 0.276 e. The Hall–Kier alpha value is -1.79. The molecule has 1 aliphatic heterocycles. The minimum atomic E-state index is -0.185. The molecule has 0 unspecified atom stereocenters. The van der Waals surface area contributed by atoms with E-state index in [1.54, 1.807) is 11.2 Å². The summed E-state index contributed by atoms with van der Waals surface area (Å²) in [6.07, 6.45) is 5.86. The van der Waals surface area contributed by atoms with Crippen molar-refractivity contribution in [3.05, 3.63) is 40.6 Å². The maximum absolute atomic E-state index is 13.0. The van der Waals surface area contributed by atoms with Gasteiger partial charge in [0.15, 0.2) is 5.69 Å². The lowest BCUT2D eigenvalue weighted by Gasteiger charge is -2.24. The monoisotopic (exact) mass is 349 g/mol. The second-order valence-electron chi connectivity index (χ2n) is 6.47. The largest absolute Gasteiger partial charge is 0.467 e. The first-order valence-corrected chi connectivity index (χ1v) is 8.77. The highest BCUT2D eigenvalue weighted by Crippen LogP contribution is 2.43. The van der Waals surface area contributed by atoms with Crippen molar-refractivity contribution in [1.82, 2.24) is 15.1 Å². The number of carbonyl (C=O) groups excluding carboxylic acids is 1. The number of nitrogens with zero attached hydrogens (tertiary/aromatic N) is 2. The van der Waals surface area contributed by atoms with Crippen LogP contribution in [-0.4, -0.2) is 40.3 Å². The zero-order valence-corrected chi connectivity index (χ0v) is 14.1. The highest BCUT2D eigenvalue weighted by Gasteiger charge is 2.33. The van der Waals surface area contributed by atoms with Crippen LogP contribution < -0.4 is 0 Å². The number of aromatic nitrogens is 2. The standard InChI is InChI=1S/C17H20ClN3O3/c18-14-15(11-5-6-11)19-20-16(14)17(22)21(9-12-3-1-7-23-12)10-13-4-2-8-24-13/h1,3,7,11,13H,2,4-6,8-10H2,(H,19,20)/t13-/m0/s1. The highest BCUT2D eigenvalue weighted by atomic mass is 35.5. The van der Waals surface area contributed by atoms with E-state index >= 15 is 0 Å². The first-order chi connectivity index (χ1) is 11.7. The Balaban J connectivity index is 1.55. The van der Waals surface area contributed by atoms with Crippen molar-refractivity contribution in [3.63, 3.8) is 0 Å². The first kappa shape index (κ1) is 15.7. The molecule has 1 amide bonds. The van der Waals surface area contributed by atoms with Crippen LogP contribution in [0.25, 0.3) is 0 Å². The lowest BCUT2D eigenvalue weighted by Crippen LogP contribution is -2.37. The van der Waals surface area contributed by atoms with Crippen molar-refractivity contribution in [2.75, 3.05) is 13.2 Å². The van der Waals surface area contributed by atoms with E-state index in [-0.39, 0.29) is 12.0 Å². The minimum absolute atomic E-state index is 0.0598. The molecule has 2 aromatic heterocycles. The second-order valence-corrected chi connectivity index (χ2v) is 6.85. The summed E-state index contributed by atoms with van der Waals surface area (Å²) in [6, 6.07) is 3.67. The molecule has 1 saturated carbocycles. The molecule has 1 saturated heterocycles. The Morgan fingerprint density at radius 3 is 2.96 bits per heavy atom. The molecule has 4 rings (SSSR count). The summed E-state index contributed by atoms with van der Waals surface area (Å²) in [6.45, 7) is 1.65. The number of aromatic amines is 1. The van der Waals surface area contributed by atoms with Gasteiger partial charge in [0.2, 0.25) is 0 Å². The molecule has 6 nitrogen and oxygen atoms in total. The Kier molecular flexibility index (Phi) is 4.33. The molecule has 2 aromatic rings. The third-order valence-corrected chi connectivity index (χ3v) is 4.97. The average molecular weight is 350 g/mol. The Bertz CT molecular complexity index is 703.